The van der Waals surface area contributed by atoms with Crippen molar-refractivity contribution in [2.45, 2.75) is 64.2 Å². The summed E-state index contributed by atoms with van der Waals surface area (Å²) in [6.45, 7) is 0. The lowest BCUT2D eigenvalue weighted by Gasteiger charge is -2.22. The van der Waals surface area contributed by atoms with E-state index in [-0.39, 0.29) is 0 Å². The molecule has 15 heavy (non-hydrogen) atoms. The van der Waals surface area contributed by atoms with Gasteiger partial charge in [-0.05, 0) is 37.7 Å². The molecule has 1 fully saturated rings. The fraction of sp³-hybridized carbons (Fsp3) is 0.786. The molecule has 1 saturated carbocycles. The summed E-state index contributed by atoms with van der Waals surface area (Å²) >= 11 is 0. The van der Waals surface area contributed by atoms with Gasteiger partial charge in [0.25, 0.3) is 0 Å². The minimum atomic E-state index is 0.361. The number of rotatable bonds is 3. The minimum absolute atomic E-state index is 0.361. The molecule has 1 heteroatoms. The van der Waals surface area contributed by atoms with E-state index in [1.165, 1.54) is 56.9 Å². The van der Waals surface area contributed by atoms with Crippen molar-refractivity contribution in [1.29, 1.82) is 0 Å². The summed E-state index contributed by atoms with van der Waals surface area (Å²) in [5.74, 6) is 1.32. The van der Waals surface area contributed by atoms with Crippen LogP contribution in [0.25, 0.3) is 0 Å². The Morgan fingerprint density at radius 3 is 2.60 bits per heavy atom. The third kappa shape index (κ3) is 3.48. The van der Waals surface area contributed by atoms with Gasteiger partial charge in [0.1, 0.15) is 0 Å². The average Bonchev–Trinajstić information content (AvgIpc) is 2.28. The number of carbonyl (C=O) groups excluding carboxylic acids is 1. The summed E-state index contributed by atoms with van der Waals surface area (Å²) in [5.41, 5.74) is 1.43. The van der Waals surface area contributed by atoms with E-state index in [0.717, 1.165) is 18.8 Å². The molecule has 2 rings (SSSR count). The van der Waals surface area contributed by atoms with Gasteiger partial charge in [0.15, 0.2) is 5.78 Å². The summed E-state index contributed by atoms with van der Waals surface area (Å²) < 4.78 is 0. The third-order valence-corrected chi connectivity index (χ3v) is 3.88. The van der Waals surface area contributed by atoms with Crippen molar-refractivity contribution in [2.75, 3.05) is 0 Å². The Morgan fingerprint density at radius 2 is 1.87 bits per heavy atom. The molecule has 0 bridgehead atoms. The van der Waals surface area contributed by atoms with Gasteiger partial charge in [-0.15, -0.1) is 0 Å². The molecule has 2 aliphatic rings. The van der Waals surface area contributed by atoms with Crippen LogP contribution in [0.5, 0.6) is 0 Å². The van der Waals surface area contributed by atoms with Crippen LogP contribution < -0.4 is 0 Å². The molecule has 0 radical (unpaired) electrons. The Kier molecular flexibility index (Phi) is 3.99. The molecule has 0 atom stereocenters. The third-order valence-electron chi connectivity index (χ3n) is 3.88. The quantitative estimate of drug-likeness (QED) is 0.681. The molecule has 0 saturated heterocycles. The molecule has 2 aliphatic carbocycles. The average molecular weight is 206 g/mol. The minimum Gasteiger partial charge on any atom is -0.295 e. The second-order valence-electron chi connectivity index (χ2n) is 5.17. The Balaban J connectivity index is 1.74. The van der Waals surface area contributed by atoms with E-state index in [9.17, 15) is 4.79 Å². The Bertz CT molecular complexity index is 246. The van der Waals surface area contributed by atoms with E-state index in [4.69, 9.17) is 0 Å². The monoisotopic (exact) mass is 206 g/mol. The maximum Gasteiger partial charge on any atom is 0.155 e. The number of allylic oxidation sites excluding steroid dienone is 2. The highest BCUT2D eigenvalue weighted by Gasteiger charge is 2.15. The zero-order chi connectivity index (χ0) is 10.5. The fourth-order valence-corrected chi connectivity index (χ4v) is 2.92. The van der Waals surface area contributed by atoms with Gasteiger partial charge in [-0.3, -0.25) is 4.79 Å². The molecule has 0 aromatic heterocycles. The Hall–Kier alpha value is -0.590. The van der Waals surface area contributed by atoms with Crippen LogP contribution in [0.4, 0.5) is 0 Å². The summed E-state index contributed by atoms with van der Waals surface area (Å²) in [6.07, 6.45) is 14.7. The largest absolute Gasteiger partial charge is 0.295 e. The van der Waals surface area contributed by atoms with E-state index in [1.807, 2.05) is 6.08 Å². The zero-order valence-corrected chi connectivity index (χ0v) is 9.63. The zero-order valence-electron chi connectivity index (χ0n) is 9.63. The lowest BCUT2D eigenvalue weighted by atomic mass is 9.84. The molecular weight excluding hydrogens is 184 g/mol. The molecule has 0 unspecified atom stereocenters. The van der Waals surface area contributed by atoms with Crippen LogP contribution >= 0.6 is 0 Å². The van der Waals surface area contributed by atoms with E-state index < -0.39 is 0 Å². The molecular formula is C14H22O. The highest BCUT2D eigenvalue weighted by atomic mass is 16.1. The van der Waals surface area contributed by atoms with Crippen molar-refractivity contribution >= 4 is 5.78 Å². The highest BCUT2D eigenvalue weighted by Crippen LogP contribution is 2.30. The molecule has 1 nitrogen and oxygen atoms in total. The van der Waals surface area contributed by atoms with Gasteiger partial charge in [-0.25, -0.2) is 0 Å². The summed E-state index contributed by atoms with van der Waals surface area (Å²) in [5, 5.41) is 0. The van der Waals surface area contributed by atoms with Crippen LogP contribution in [0.2, 0.25) is 0 Å². The molecule has 0 aromatic rings. The van der Waals surface area contributed by atoms with Gasteiger partial charge in [-0.1, -0.05) is 37.7 Å². The molecule has 84 valence electrons. The summed E-state index contributed by atoms with van der Waals surface area (Å²) in [7, 11) is 0. The van der Waals surface area contributed by atoms with Crippen molar-refractivity contribution in [2.24, 2.45) is 5.92 Å². The highest BCUT2D eigenvalue weighted by molar-refractivity contribution is 5.91. The first kappa shape index (κ1) is 10.9. The van der Waals surface area contributed by atoms with Crippen molar-refractivity contribution in [3.63, 3.8) is 0 Å². The first-order valence-electron chi connectivity index (χ1n) is 6.57. The predicted octanol–water partition coefficient (Wildman–Crippen LogP) is 4.03. The lowest BCUT2D eigenvalue weighted by Crippen LogP contribution is -2.08. The maximum atomic E-state index is 11.2. The topological polar surface area (TPSA) is 17.1 Å². The molecule has 0 N–H and O–H groups in total. The number of carbonyl (C=O) groups is 1. The SMILES string of the molecule is O=C1C=C(CCC2CCCCC2)CCC1. The van der Waals surface area contributed by atoms with E-state index in [1.54, 1.807) is 0 Å². The van der Waals surface area contributed by atoms with Crippen LogP contribution in [-0.2, 0) is 4.79 Å². The first-order valence-corrected chi connectivity index (χ1v) is 6.57. The van der Waals surface area contributed by atoms with Crippen molar-refractivity contribution < 1.29 is 4.79 Å². The second kappa shape index (κ2) is 5.48. The normalized spacial score (nSPS) is 24.0. The molecule has 0 aromatic carbocycles. The van der Waals surface area contributed by atoms with Crippen LogP contribution in [0.3, 0.4) is 0 Å². The first-order chi connectivity index (χ1) is 7.34. The van der Waals surface area contributed by atoms with E-state index in [2.05, 4.69) is 0 Å². The summed E-state index contributed by atoms with van der Waals surface area (Å²) in [4.78, 5) is 11.2. The predicted molar refractivity (Wildman–Crippen MR) is 62.8 cm³/mol. The van der Waals surface area contributed by atoms with Crippen LogP contribution in [-0.4, -0.2) is 5.78 Å². The van der Waals surface area contributed by atoms with Crippen LogP contribution in [0.1, 0.15) is 64.2 Å². The fourth-order valence-electron chi connectivity index (χ4n) is 2.92. The van der Waals surface area contributed by atoms with Crippen molar-refractivity contribution in [3.05, 3.63) is 11.6 Å². The van der Waals surface area contributed by atoms with E-state index >= 15 is 0 Å². The molecule has 0 aliphatic heterocycles. The number of hydrogen-bond donors (Lipinski definition) is 0. The standard InChI is InChI=1S/C14H22O/c15-14-8-4-7-13(11-14)10-9-12-5-2-1-3-6-12/h11-12H,1-10H2. The maximum absolute atomic E-state index is 11.2. The Morgan fingerprint density at radius 1 is 1.07 bits per heavy atom. The second-order valence-corrected chi connectivity index (χ2v) is 5.17. The number of ketones is 1. The van der Waals surface area contributed by atoms with Crippen LogP contribution in [0, 0.1) is 5.92 Å². The molecule has 0 amide bonds. The van der Waals surface area contributed by atoms with Crippen LogP contribution in [0.15, 0.2) is 11.6 Å². The Labute approximate surface area is 92.9 Å². The van der Waals surface area contributed by atoms with Crippen molar-refractivity contribution in [3.8, 4) is 0 Å². The molecule has 0 heterocycles. The summed E-state index contributed by atoms with van der Waals surface area (Å²) in [6, 6.07) is 0. The van der Waals surface area contributed by atoms with Gasteiger partial charge in [-0.2, -0.15) is 0 Å². The van der Waals surface area contributed by atoms with Gasteiger partial charge in [0, 0.05) is 6.42 Å². The smallest absolute Gasteiger partial charge is 0.155 e. The van der Waals surface area contributed by atoms with Gasteiger partial charge >= 0.3 is 0 Å². The van der Waals surface area contributed by atoms with Crippen molar-refractivity contribution in [1.82, 2.24) is 0 Å². The van der Waals surface area contributed by atoms with Gasteiger partial charge < -0.3 is 0 Å². The lowest BCUT2D eigenvalue weighted by molar-refractivity contribution is -0.115. The molecule has 0 spiro atoms. The van der Waals surface area contributed by atoms with Gasteiger partial charge in [0.05, 0.1) is 0 Å². The number of hydrogen-bond acceptors (Lipinski definition) is 1. The van der Waals surface area contributed by atoms with Gasteiger partial charge in [0.2, 0.25) is 0 Å². The van der Waals surface area contributed by atoms with E-state index in [0.29, 0.717) is 5.78 Å².